The van der Waals surface area contributed by atoms with Gasteiger partial charge in [-0.05, 0) is 57.1 Å². The van der Waals surface area contributed by atoms with E-state index in [9.17, 15) is 31.1 Å². The molecule has 2 heterocycles. The van der Waals surface area contributed by atoms with Crippen LogP contribution in [0.25, 0.3) is 5.69 Å². The maximum atomic E-state index is 13.8. The van der Waals surface area contributed by atoms with Crippen LogP contribution in [0.5, 0.6) is 0 Å². The van der Waals surface area contributed by atoms with E-state index < -0.39 is 41.0 Å². The maximum Gasteiger partial charge on any atom is 0.416 e. The molecule has 1 atom stereocenters. The number of piperazine rings is 1. The van der Waals surface area contributed by atoms with Crippen LogP contribution in [0.2, 0.25) is 0 Å². The van der Waals surface area contributed by atoms with E-state index in [1.165, 1.54) is 4.90 Å². The average molecular weight is 596 g/mol. The number of aromatic nitrogens is 2. The Hall–Kier alpha value is -3.54. The van der Waals surface area contributed by atoms with E-state index >= 15 is 0 Å². The van der Waals surface area contributed by atoms with E-state index in [4.69, 9.17) is 5.10 Å². The van der Waals surface area contributed by atoms with Crippen molar-refractivity contribution in [2.45, 2.75) is 59.1 Å². The Morgan fingerprint density at radius 2 is 1.50 bits per heavy atom. The molecule has 0 N–H and O–H groups in total. The monoisotopic (exact) mass is 595 g/mol. The SMILES string of the molecule is CCC(C)N(Cc1c(C)nn(-c2ccccc2)c1N1CCN(CC)CC1)C(=O)c1cc(C(F)(F)F)cc(C(F)(F)F)c1. The third-order valence-corrected chi connectivity index (χ3v) is 7.82. The standard InChI is InChI=1S/C30H35F6N5O/c1-5-20(3)40(28(42)22-16-23(29(31,32)33)18-24(17-22)30(34,35)36)19-26-21(4)37-41(25-10-8-7-9-11-25)27(26)39-14-12-38(6-2)13-15-39/h7-11,16-18,20H,5-6,12-15,19H2,1-4H3. The number of halogens is 6. The number of aryl methyl sites for hydroxylation is 1. The fourth-order valence-corrected chi connectivity index (χ4v) is 5.15. The Morgan fingerprint density at radius 3 is 2.00 bits per heavy atom. The normalized spacial score (nSPS) is 15.6. The molecule has 1 saturated heterocycles. The van der Waals surface area contributed by atoms with Crippen molar-refractivity contribution in [3.8, 4) is 5.69 Å². The topological polar surface area (TPSA) is 44.6 Å². The number of carbonyl (C=O) groups excluding carboxylic acids is 1. The van der Waals surface area contributed by atoms with Gasteiger partial charge in [0.05, 0.1) is 29.1 Å². The number of rotatable bonds is 8. The number of nitrogens with zero attached hydrogens (tertiary/aromatic N) is 5. The third-order valence-electron chi connectivity index (χ3n) is 7.82. The molecule has 3 aromatic rings. The molecular formula is C30H35F6N5O. The molecule has 0 spiro atoms. The van der Waals surface area contributed by atoms with Crippen molar-refractivity contribution < 1.29 is 31.1 Å². The molecule has 12 heteroatoms. The summed E-state index contributed by atoms with van der Waals surface area (Å²) in [6.45, 7) is 11.3. The van der Waals surface area contributed by atoms with E-state index in [0.29, 0.717) is 42.9 Å². The molecule has 1 aliphatic rings. The van der Waals surface area contributed by atoms with E-state index in [1.54, 1.807) is 18.5 Å². The maximum absolute atomic E-state index is 13.8. The number of benzene rings is 2. The minimum Gasteiger partial charge on any atom is -0.354 e. The average Bonchev–Trinajstić information content (AvgIpc) is 3.29. The molecule has 1 aliphatic heterocycles. The Kier molecular flexibility index (Phi) is 9.24. The summed E-state index contributed by atoms with van der Waals surface area (Å²) < 4.78 is 83.3. The van der Waals surface area contributed by atoms with Crippen LogP contribution in [-0.4, -0.2) is 64.3 Å². The first-order chi connectivity index (χ1) is 19.7. The molecule has 42 heavy (non-hydrogen) atoms. The van der Waals surface area contributed by atoms with Gasteiger partial charge in [0.25, 0.3) is 5.91 Å². The van der Waals surface area contributed by atoms with Crippen LogP contribution in [0.1, 0.15) is 59.9 Å². The summed E-state index contributed by atoms with van der Waals surface area (Å²) >= 11 is 0. The Bertz CT molecular complexity index is 1350. The lowest BCUT2D eigenvalue weighted by Crippen LogP contribution is -2.47. The molecular weight excluding hydrogens is 560 g/mol. The third kappa shape index (κ3) is 6.74. The first kappa shape index (κ1) is 31.4. The first-order valence-corrected chi connectivity index (χ1v) is 14.0. The number of alkyl halides is 6. The van der Waals surface area contributed by atoms with Gasteiger partial charge in [0, 0.05) is 43.3 Å². The molecule has 0 radical (unpaired) electrons. The zero-order valence-electron chi connectivity index (χ0n) is 24.1. The van der Waals surface area contributed by atoms with E-state index in [1.807, 2.05) is 37.3 Å². The molecule has 1 aromatic heterocycles. The quantitative estimate of drug-likeness (QED) is 0.269. The van der Waals surface area contributed by atoms with Gasteiger partial charge >= 0.3 is 12.4 Å². The summed E-state index contributed by atoms with van der Waals surface area (Å²) in [5, 5.41) is 4.78. The zero-order valence-corrected chi connectivity index (χ0v) is 24.1. The van der Waals surface area contributed by atoms with Crippen LogP contribution in [-0.2, 0) is 18.9 Å². The van der Waals surface area contributed by atoms with Gasteiger partial charge < -0.3 is 14.7 Å². The van der Waals surface area contributed by atoms with Gasteiger partial charge in [-0.2, -0.15) is 31.4 Å². The zero-order chi connectivity index (χ0) is 30.8. The van der Waals surface area contributed by atoms with Gasteiger partial charge in [-0.1, -0.05) is 32.0 Å². The van der Waals surface area contributed by atoms with Crippen LogP contribution in [0.3, 0.4) is 0 Å². The largest absolute Gasteiger partial charge is 0.416 e. The second-order valence-corrected chi connectivity index (χ2v) is 10.5. The molecule has 0 bridgehead atoms. The number of anilines is 1. The van der Waals surface area contributed by atoms with Crippen LogP contribution in [0.4, 0.5) is 32.2 Å². The van der Waals surface area contributed by atoms with Gasteiger partial charge in [0.1, 0.15) is 5.82 Å². The number of para-hydroxylation sites is 1. The molecule has 0 saturated carbocycles. The van der Waals surface area contributed by atoms with Crippen molar-refractivity contribution in [2.24, 2.45) is 0 Å². The molecule has 6 nitrogen and oxygen atoms in total. The van der Waals surface area contributed by atoms with Gasteiger partial charge in [0.2, 0.25) is 0 Å². The van der Waals surface area contributed by atoms with Crippen molar-refractivity contribution in [3.05, 3.63) is 76.5 Å². The van der Waals surface area contributed by atoms with Crippen molar-refractivity contribution in [1.29, 1.82) is 0 Å². The number of hydrogen-bond donors (Lipinski definition) is 0. The van der Waals surface area contributed by atoms with Crippen LogP contribution < -0.4 is 4.90 Å². The molecule has 1 amide bonds. The highest BCUT2D eigenvalue weighted by atomic mass is 19.4. The summed E-state index contributed by atoms with van der Waals surface area (Å²) in [6.07, 6.45) is -9.68. The van der Waals surface area contributed by atoms with Crippen LogP contribution >= 0.6 is 0 Å². The minimum absolute atomic E-state index is 0.0342. The summed E-state index contributed by atoms with van der Waals surface area (Å²) in [6, 6.07) is 10.0. The highest BCUT2D eigenvalue weighted by Crippen LogP contribution is 2.37. The lowest BCUT2D eigenvalue weighted by Gasteiger charge is -2.37. The van der Waals surface area contributed by atoms with E-state index in [0.717, 1.165) is 31.1 Å². The fraction of sp³-hybridized carbons (Fsp3) is 0.467. The second-order valence-electron chi connectivity index (χ2n) is 10.5. The van der Waals surface area contributed by atoms with Gasteiger partial charge in [-0.15, -0.1) is 0 Å². The predicted molar refractivity (Wildman–Crippen MR) is 149 cm³/mol. The van der Waals surface area contributed by atoms with Gasteiger partial charge in [-0.25, -0.2) is 4.68 Å². The van der Waals surface area contributed by atoms with Crippen molar-refractivity contribution in [2.75, 3.05) is 37.6 Å². The molecule has 228 valence electrons. The van der Waals surface area contributed by atoms with Crippen LogP contribution in [0.15, 0.2) is 48.5 Å². The Morgan fingerprint density at radius 1 is 0.929 bits per heavy atom. The Labute approximate surface area is 241 Å². The summed E-state index contributed by atoms with van der Waals surface area (Å²) in [4.78, 5) is 19.7. The van der Waals surface area contributed by atoms with Gasteiger partial charge in [0.15, 0.2) is 0 Å². The predicted octanol–water partition coefficient (Wildman–Crippen LogP) is 6.80. The molecule has 2 aromatic carbocycles. The second kappa shape index (κ2) is 12.4. The van der Waals surface area contributed by atoms with Crippen molar-refractivity contribution in [1.82, 2.24) is 19.6 Å². The van der Waals surface area contributed by atoms with E-state index in [-0.39, 0.29) is 12.6 Å². The lowest BCUT2D eigenvalue weighted by molar-refractivity contribution is -0.143. The van der Waals surface area contributed by atoms with Crippen LogP contribution in [0, 0.1) is 6.92 Å². The summed E-state index contributed by atoms with van der Waals surface area (Å²) in [5.41, 5.74) is -1.59. The highest BCUT2D eigenvalue weighted by Gasteiger charge is 2.38. The molecule has 1 fully saturated rings. The number of hydrogen-bond acceptors (Lipinski definition) is 4. The molecule has 4 rings (SSSR count). The number of likely N-dealkylation sites (N-methyl/N-ethyl adjacent to an activating group) is 1. The lowest BCUT2D eigenvalue weighted by atomic mass is 10.0. The van der Waals surface area contributed by atoms with Crippen molar-refractivity contribution >= 4 is 11.7 Å². The minimum atomic E-state index is -5.06. The number of amides is 1. The summed E-state index contributed by atoms with van der Waals surface area (Å²) in [7, 11) is 0. The number of carbonyl (C=O) groups is 1. The van der Waals surface area contributed by atoms with Crippen molar-refractivity contribution in [3.63, 3.8) is 0 Å². The fourth-order valence-electron chi connectivity index (χ4n) is 5.15. The molecule has 0 aliphatic carbocycles. The molecule has 1 unspecified atom stereocenters. The van der Waals surface area contributed by atoms with Gasteiger partial charge in [-0.3, -0.25) is 4.79 Å². The Balaban J connectivity index is 1.81. The smallest absolute Gasteiger partial charge is 0.354 e. The highest BCUT2D eigenvalue weighted by molar-refractivity contribution is 5.95. The summed E-state index contributed by atoms with van der Waals surface area (Å²) in [5.74, 6) is -0.148. The van der Waals surface area contributed by atoms with E-state index in [2.05, 4.69) is 16.7 Å². The first-order valence-electron chi connectivity index (χ1n) is 14.0.